The summed E-state index contributed by atoms with van der Waals surface area (Å²) in [6, 6.07) is 21.7. The Kier molecular flexibility index (Phi) is 13.3. The number of aryl methyl sites for hydroxylation is 4. The molecule has 1 saturated heterocycles. The van der Waals surface area contributed by atoms with E-state index >= 15 is 0 Å². The van der Waals surface area contributed by atoms with Crippen LogP contribution in [0.3, 0.4) is 0 Å². The van der Waals surface area contributed by atoms with Gasteiger partial charge in [-0.15, -0.1) is 21.5 Å². The Hall–Kier alpha value is -5.89. The van der Waals surface area contributed by atoms with Crippen LogP contribution in [0, 0.1) is 41.5 Å². The first-order chi connectivity index (χ1) is 30.8. The fourth-order valence-corrected chi connectivity index (χ4v) is 10.3. The number of ether oxygens (including phenoxy) is 1. The number of aliphatic imine (C=N–C) groups is 1. The zero-order chi connectivity index (χ0) is 45.2. The molecule has 0 bridgehead atoms. The van der Waals surface area contributed by atoms with E-state index in [0.717, 1.165) is 91.8 Å². The Morgan fingerprint density at radius 2 is 1.62 bits per heavy atom. The smallest absolute Gasteiger partial charge is 0.253 e. The van der Waals surface area contributed by atoms with Gasteiger partial charge in [-0.1, -0.05) is 48.0 Å². The van der Waals surface area contributed by atoms with Crippen LogP contribution in [-0.4, -0.2) is 69.6 Å². The second-order valence-corrected chi connectivity index (χ2v) is 18.5. The van der Waals surface area contributed by atoms with Gasteiger partial charge < -0.3 is 25.3 Å². The number of pyridine rings is 1. The molecule has 0 spiro atoms. The van der Waals surface area contributed by atoms with Crippen LogP contribution in [0.4, 0.5) is 5.69 Å². The van der Waals surface area contributed by atoms with E-state index in [1.165, 1.54) is 4.88 Å². The first-order valence-electron chi connectivity index (χ1n) is 22.0. The van der Waals surface area contributed by atoms with Gasteiger partial charge in [0.25, 0.3) is 11.5 Å². The van der Waals surface area contributed by atoms with Crippen LogP contribution in [0.1, 0.15) is 104 Å². The van der Waals surface area contributed by atoms with Crippen LogP contribution < -0.4 is 21.1 Å². The highest BCUT2D eigenvalue weighted by Crippen LogP contribution is 2.40. The highest BCUT2D eigenvalue weighted by atomic mass is 35.5. The highest BCUT2D eigenvalue weighted by molar-refractivity contribution is 7.15. The number of hydrogen-bond donors (Lipinski definition) is 3. The lowest BCUT2D eigenvalue weighted by atomic mass is 9.94. The SMILES string of the molecule is CCN(c1cc(-c2ccc(CCNC(=O)C[C@@H]3N=C(c4ccc(Cl)cc4)c4c(sc(C)c4C)-n4c(C)nnc43)cc2)cc(C(=O)NCc2c(C)cc(C)[nH]c2=O)c1C)C1CCOCC1. The molecule has 2 aliphatic heterocycles. The molecule has 1 atom stereocenters. The lowest BCUT2D eigenvalue weighted by Gasteiger charge is -2.37. The van der Waals surface area contributed by atoms with Gasteiger partial charge in [-0.2, -0.15) is 0 Å². The number of anilines is 1. The number of aromatic amines is 1. The van der Waals surface area contributed by atoms with Crippen LogP contribution in [0.5, 0.6) is 0 Å². The quantitative estimate of drug-likeness (QED) is 0.105. The summed E-state index contributed by atoms with van der Waals surface area (Å²) in [6.45, 7) is 16.8. The van der Waals surface area contributed by atoms with Crippen molar-refractivity contribution in [3.8, 4) is 16.1 Å². The Morgan fingerprint density at radius 3 is 2.33 bits per heavy atom. The maximum absolute atomic E-state index is 14.0. The third kappa shape index (κ3) is 9.20. The van der Waals surface area contributed by atoms with Crippen molar-refractivity contribution in [2.75, 3.05) is 31.2 Å². The van der Waals surface area contributed by atoms with Gasteiger partial charge in [-0.3, -0.25) is 23.9 Å². The number of carbonyl (C=O) groups is 2. The maximum atomic E-state index is 14.0. The topological polar surface area (TPSA) is 147 Å². The standard InChI is InChI=1S/C50H55ClN8O4S/c1-8-58(39-18-21-63-22-19-39)43-25-37(24-40(31(43)5)48(61)53-27-41-28(2)23-29(3)54-49(41)62)35-11-9-34(10-12-35)17-20-52-44(60)26-42-47-57-56-33(7)59(47)50-45(30(4)32(6)64-50)46(55-42)36-13-15-38(51)16-14-36/h9-16,23-25,39,42H,8,17-22,26-27H2,1-7H3,(H,52,60)(H,53,61)(H,54,62)/t42-/m0/s1. The predicted octanol–water partition coefficient (Wildman–Crippen LogP) is 8.76. The molecule has 3 aromatic heterocycles. The number of hydrogen-bond acceptors (Lipinski definition) is 9. The van der Waals surface area contributed by atoms with E-state index in [0.29, 0.717) is 54.2 Å². The molecule has 12 nitrogen and oxygen atoms in total. The van der Waals surface area contributed by atoms with E-state index in [9.17, 15) is 14.4 Å². The first kappa shape index (κ1) is 44.7. The molecule has 6 aromatic rings. The van der Waals surface area contributed by atoms with E-state index < -0.39 is 6.04 Å². The van der Waals surface area contributed by atoms with Crippen LogP contribution in [0.25, 0.3) is 16.1 Å². The third-order valence-electron chi connectivity index (χ3n) is 12.6. The molecule has 8 rings (SSSR count). The molecule has 1 fully saturated rings. The molecule has 0 unspecified atom stereocenters. The van der Waals surface area contributed by atoms with E-state index in [-0.39, 0.29) is 30.3 Å². The number of thiophene rings is 1. The minimum Gasteiger partial charge on any atom is -0.381 e. The number of aromatic nitrogens is 4. The Balaban J connectivity index is 0.996. The summed E-state index contributed by atoms with van der Waals surface area (Å²) in [4.78, 5) is 52.2. The van der Waals surface area contributed by atoms with Crippen molar-refractivity contribution in [1.82, 2.24) is 30.4 Å². The van der Waals surface area contributed by atoms with Crippen molar-refractivity contribution in [3.05, 3.63) is 149 Å². The van der Waals surface area contributed by atoms with Crippen molar-refractivity contribution in [2.45, 2.75) is 92.8 Å². The number of halogens is 1. The van der Waals surface area contributed by atoms with Gasteiger partial charge in [0.15, 0.2) is 5.82 Å². The van der Waals surface area contributed by atoms with Gasteiger partial charge >= 0.3 is 0 Å². The normalized spacial score (nSPS) is 14.9. The molecule has 3 N–H and O–H groups in total. The van der Waals surface area contributed by atoms with E-state index in [4.69, 9.17) is 21.3 Å². The molecule has 332 valence electrons. The average Bonchev–Trinajstić information content (AvgIpc) is 3.76. The summed E-state index contributed by atoms with van der Waals surface area (Å²) in [5.41, 5.74) is 11.3. The van der Waals surface area contributed by atoms with E-state index in [1.807, 2.05) is 64.1 Å². The number of nitrogens with zero attached hydrogens (tertiary/aromatic N) is 5. The zero-order valence-corrected chi connectivity index (χ0v) is 39.1. The summed E-state index contributed by atoms with van der Waals surface area (Å²) in [6.07, 6.45) is 2.55. The number of amides is 2. The predicted molar refractivity (Wildman–Crippen MR) is 256 cm³/mol. The largest absolute Gasteiger partial charge is 0.381 e. The summed E-state index contributed by atoms with van der Waals surface area (Å²) in [5.74, 6) is 1.02. The summed E-state index contributed by atoms with van der Waals surface area (Å²) < 4.78 is 7.75. The van der Waals surface area contributed by atoms with Crippen molar-refractivity contribution >= 4 is 46.2 Å². The molecule has 0 radical (unpaired) electrons. The maximum Gasteiger partial charge on any atom is 0.253 e. The van der Waals surface area contributed by atoms with Gasteiger partial charge in [0.1, 0.15) is 16.9 Å². The minimum absolute atomic E-state index is 0.108. The van der Waals surface area contributed by atoms with Crippen LogP contribution in [-0.2, 0) is 22.5 Å². The molecule has 0 saturated carbocycles. The number of nitrogens with one attached hydrogen (secondary N) is 3. The molecule has 3 aromatic carbocycles. The molecule has 64 heavy (non-hydrogen) atoms. The van der Waals surface area contributed by atoms with Gasteiger partial charge in [0, 0.05) is 82.4 Å². The van der Waals surface area contributed by atoms with Gasteiger partial charge in [-0.05, 0) is 131 Å². The molecular formula is C50H55ClN8O4S. The fraction of sp³-hybridized carbons (Fsp3) is 0.360. The molecule has 2 aliphatic rings. The van der Waals surface area contributed by atoms with Crippen LogP contribution in [0.15, 0.2) is 76.5 Å². The van der Waals surface area contributed by atoms with E-state index in [2.05, 4.69) is 86.4 Å². The molecule has 2 amide bonds. The Labute approximate surface area is 383 Å². The summed E-state index contributed by atoms with van der Waals surface area (Å²) in [7, 11) is 0. The minimum atomic E-state index is -0.554. The fourth-order valence-electron chi connectivity index (χ4n) is 8.98. The third-order valence-corrected chi connectivity index (χ3v) is 14.0. The second-order valence-electron chi connectivity index (χ2n) is 16.8. The van der Waals surface area contributed by atoms with E-state index in [1.54, 1.807) is 11.3 Å². The van der Waals surface area contributed by atoms with Crippen molar-refractivity contribution in [3.63, 3.8) is 0 Å². The lowest BCUT2D eigenvalue weighted by molar-refractivity contribution is -0.121. The van der Waals surface area contributed by atoms with Gasteiger partial charge in [0.2, 0.25) is 5.91 Å². The zero-order valence-electron chi connectivity index (χ0n) is 37.5. The molecule has 5 heterocycles. The van der Waals surface area contributed by atoms with Gasteiger partial charge in [-0.25, -0.2) is 0 Å². The van der Waals surface area contributed by atoms with Crippen LogP contribution >= 0.6 is 22.9 Å². The van der Waals surface area contributed by atoms with Crippen molar-refractivity contribution in [1.29, 1.82) is 0 Å². The van der Waals surface area contributed by atoms with Crippen LogP contribution in [0.2, 0.25) is 5.02 Å². The van der Waals surface area contributed by atoms with Crippen molar-refractivity contribution in [2.24, 2.45) is 4.99 Å². The number of benzene rings is 3. The molecular weight excluding hydrogens is 844 g/mol. The number of rotatable bonds is 13. The highest BCUT2D eigenvalue weighted by Gasteiger charge is 2.33. The average molecular weight is 900 g/mol. The summed E-state index contributed by atoms with van der Waals surface area (Å²) in [5, 5.41) is 16.8. The number of H-pyrrole nitrogens is 1. The van der Waals surface area contributed by atoms with Gasteiger partial charge in [0.05, 0.1) is 12.1 Å². The van der Waals surface area contributed by atoms with Crippen molar-refractivity contribution < 1.29 is 14.3 Å². The molecule has 0 aliphatic carbocycles. The lowest BCUT2D eigenvalue weighted by Crippen LogP contribution is -2.40. The second kappa shape index (κ2) is 19.1. The molecule has 14 heteroatoms. The number of carbonyl (C=O) groups excluding carboxylic acids is 2. The Bertz CT molecular complexity index is 2800. The summed E-state index contributed by atoms with van der Waals surface area (Å²) >= 11 is 7.96. The Morgan fingerprint density at radius 1 is 0.906 bits per heavy atom. The monoisotopic (exact) mass is 898 g/mol. The first-order valence-corrected chi connectivity index (χ1v) is 23.2. The number of fused-ring (bicyclic) bond motifs is 3.